The molecule has 4 N–H and O–H groups in total. The van der Waals surface area contributed by atoms with Gasteiger partial charge >= 0.3 is 0 Å². The summed E-state index contributed by atoms with van der Waals surface area (Å²) in [6.07, 6.45) is 5.35. The van der Waals surface area contributed by atoms with E-state index in [-0.39, 0.29) is 0 Å². The van der Waals surface area contributed by atoms with Gasteiger partial charge in [-0.15, -0.1) is 0 Å². The van der Waals surface area contributed by atoms with E-state index in [2.05, 4.69) is 35.9 Å². The molecule has 0 aliphatic carbocycles. The summed E-state index contributed by atoms with van der Waals surface area (Å²) in [6.45, 7) is 0. The molecule has 0 radical (unpaired) electrons. The molecule has 0 atom stereocenters. The molecule has 3 aromatic heterocycles. The van der Waals surface area contributed by atoms with Crippen molar-refractivity contribution in [1.29, 1.82) is 0 Å². The molecule has 3 rings (SSSR count). The molecule has 0 unspecified atom stereocenters. The molecule has 9 heteroatoms. The summed E-state index contributed by atoms with van der Waals surface area (Å²) in [6, 6.07) is 1.50. The number of aromatic nitrogens is 5. The number of nitrogens with two attached hydrogens (primary N) is 2. The lowest BCUT2D eigenvalue weighted by atomic mass is 10.5. The minimum absolute atomic E-state index is 0.323. The minimum Gasteiger partial charge on any atom is -0.383 e. The lowest BCUT2D eigenvalue weighted by Crippen LogP contribution is -2.00. The zero-order valence-electron chi connectivity index (χ0n) is 9.49. The van der Waals surface area contributed by atoms with Crippen molar-refractivity contribution in [2.45, 2.75) is 10.2 Å². The maximum absolute atomic E-state index is 5.64. The number of nitrogens with zero attached hydrogens (tertiary/aromatic N) is 5. The third-order valence-electron chi connectivity index (χ3n) is 2.25. The molecule has 3 aromatic rings. The maximum atomic E-state index is 5.64. The smallest absolute Gasteiger partial charge is 0.197 e. The van der Waals surface area contributed by atoms with Crippen LogP contribution >= 0.6 is 27.7 Å². The van der Waals surface area contributed by atoms with Crippen molar-refractivity contribution >= 4 is 45.0 Å². The number of fused-ring (bicyclic) bond motifs is 1. The second-order valence-electron chi connectivity index (χ2n) is 3.63. The molecule has 0 bridgehead atoms. The Morgan fingerprint density at radius 3 is 2.63 bits per heavy atom. The van der Waals surface area contributed by atoms with Gasteiger partial charge < -0.3 is 15.9 Å². The number of anilines is 2. The predicted octanol–water partition coefficient (Wildman–Crippen LogP) is 1.60. The zero-order valence-corrected chi connectivity index (χ0v) is 11.9. The first-order chi connectivity index (χ1) is 9.11. The molecular formula is C10H8BrN7S. The number of halogens is 1. The van der Waals surface area contributed by atoms with Crippen LogP contribution in [-0.4, -0.2) is 24.3 Å². The van der Waals surface area contributed by atoms with E-state index in [9.17, 15) is 0 Å². The fourth-order valence-corrected chi connectivity index (χ4v) is 2.92. The van der Waals surface area contributed by atoms with Crippen molar-refractivity contribution in [1.82, 2.24) is 24.3 Å². The summed E-state index contributed by atoms with van der Waals surface area (Å²) in [5, 5.41) is 1.11. The van der Waals surface area contributed by atoms with Crippen LogP contribution < -0.4 is 11.5 Å². The Morgan fingerprint density at radius 2 is 1.89 bits per heavy atom. The molecule has 0 fully saturated rings. The Hall–Kier alpha value is -1.87. The summed E-state index contributed by atoms with van der Waals surface area (Å²) >= 11 is 4.60. The number of imidazole rings is 1. The van der Waals surface area contributed by atoms with Crippen molar-refractivity contribution in [2.75, 3.05) is 11.5 Å². The molecule has 0 aliphatic rings. The van der Waals surface area contributed by atoms with E-state index in [1.165, 1.54) is 17.8 Å². The van der Waals surface area contributed by atoms with Crippen LogP contribution in [0.1, 0.15) is 0 Å². The highest BCUT2D eigenvalue weighted by Gasteiger charge is 2.11. The van der Waals surface area contributed by atoms with Crippen LogP contribution in [0, 0.1) is 0 Å². The van der Waals surface area contributed by atoms with Crippen LogP contribution in [0.3, 0.4) is 0 Å². The molecule has 7 nitrogen and oxygen atoms in total. The number of hydrogen-bond acceptors (Lipinski definition) is 7. The standard InChI is InChI=1S/C10H8BrN7S/c11-5-4-18-2-1-14-8(18)9(15-5)19-10-16-6(12)3-7(13)17-10/h1-4H,(H4,12,13,16,17). The molecule has 3 heterocycles. The SMILES string of the molecule is Nc1cc(N)nc(Sc2nc(Br)cn3ccnc23)n1. The van der Waals surface area contributed by atoms with Crippen molar-refractivity contribution in [3.63, 3.8) is 0 Å². The normalized spacial score (nSPS) is 11.0. The van der Waals surface area contributed by atoms with Crippen molar-refractivity contribution < 1.29 is 0 Å². The average Bonchev–Trinajstić information content (AvgIpc) is 2.75. The van der Waals surface area contributed by atoms with Crippen LogP contribution in [0.25, 0.3) is 5.65 Å². The quantitative estimate of drug-likeness (QED) is 0.683. The second kappa shape index (κ2) is 4.67. The van der Waals surface area contributed by atoms with Crippen LogP contribution in [0.4, 0.5) is 11.6 Å². The Kier molecular flexibility index (Phi) is 2.99. The maximum Gasteiger partial charge on any atom is 0.197 e. The van der Waals surface area contributed by atoms with Gasteiger partial charge in [0.15, 0.2) is 10.8 Å². The fraction of sp³-hybridized carbons (Fsp3) is 0. The van der Waals surface area contributed by atoms with Gasteiger partial charge in [0.25, 0.3) is 0 Å². The third kappa shape index (κ3) is 2.47. The van der Waals surface area contributed by atoms with E-state index in [0.717, 1.165) is 5.65 Å². The van der Waals surface area contributed by atoms with Gasteiger partial charge in [-0.25, -0.2) is 19.9 Å². The average molecular weight is 338 g/mol. The first kappa shape index (κ1) is 12.2. The number of nitrogen functional groups attached to an aromatic ring is 2. The van der Waals surface area contributed by atoms with Gasteiger partial charge in [0.05, 0.1) is 0 Å². The Bertz CT molecular complexity index is 736. The number of rotatable bonds is 2. The molecule has 19 heavy (non-hydrogen) atoms. The van der Waals surface area contributed by atoms with Crippen molar-refractivity contribution in [3.8, 4) is 0 Å². The van der Waals surface area contributed by atoms with Crippen molar-refractivity contribution in [2.24, 2.45) is 0 Å². The minimum atomic E-state index is 0.323. The summed E-state index contributed by atoms with van der Waals surface area (Å²) in [5.74, 6) is 0.647. The van der Waals surface area contributed by atoms with Crippen LogP contribution in [0.2, 0.25) is 0 Å². The second-order valence-corrected chi connectivity index (χ2v) is 5.40. The van der Waals surface area contributed by atoms with Gasteiger partial charge in [-0.2, -0.15) is 0 Å². The highest BCUT2D eigenvalue weighted by Crippen LogP contribution is 2.28. The summed E-state index contributed by atoms with van der Waals surface area (Å²) in [7, 11) is 0. The molecule has 0 saturated carbocycles. The highest BCUT2D eigenvalue weighted by atomic mass is 79.9. The molecule has 0 aliphatic heterocycles. The Balaban J connectivity index is 2.07. The zero-order chi connectivity index (χ0) is 13.4. The topological polar surface area (TPSA) is 108 Å². The highest BCUT2D eigenvalue weighted by molar-refractivity contribution is 9.10. The Labute approximate surface area is 120 Å². The molecule has 0 spiro atoms. The summed E-state index contributed by atoms with van der Waals surface area (Å²) in [5.41, 5.74) is 12.0. The fourth-order valence-electron chi connectivity index (χ4n) is 1.54. The largest absolute Gasteiger partial charge is 0.383 e. The van der Waals surface area contributed by atoms with E-state index in [0.29, 0.717) is 26.4 Å². The monoisotopic (exact) mass is 337 g/mol. The van der Waals surface area contributed by atoms with Gasteiger partial charge in [-0.3, -0.25) is 0 Å². The molecule has 0 amide bonds. The first-order valence-electron chi connectivity index (χ1n) is 5.19. The van der Waals surface area contributed by atoms with Gasteiger partial charge in [-0.05, 0) is 27.7 Å². The van der Waals surface area contributed by atoms with Gasteiger partial charge in [0, 0.05) is 24.7 Å². The van der Waals surface area contributed by atoms with E-state index >= 15 is 0 Å². The Morgan fingerprint density at radius 1 is 1.16 bits per heavy atom. The lowest BCUT2D eigenvalue weighted by molar-refractivity contribution is 0.963. The van der Waals surface area contributed by atoms with Crippen LogP contribution in [0.15, 0.2) is 39.4 Å². The third-order valence-corrected chi connectivity index (χ3v) is 3.46. The van der Waals surface area contributed by atoms with Crippen LogP contribution in [0.5, 0.6) is 0 Å². The lowest BCUT2D eigenvalue weighted by Gasteiger charge is -2.04. The molecule has 0 aromatic carbocycles. The van der Waals surface area contributed by atoms with E-state index in [4.69, 9.17) is 11.5 Å². The number of hydrogen-bond donors (Lipinski definition) is 2. The van der Waals surface area contributed by atoms with Gasteiger partial charge in [-0.1, -0.05) is 0 Å². The summed E-state index contributed by atoms with van der Waals surface area (Å²) in [4.78, 5) is 16.8. The van der Waals surface area contributed by atoms with Gasteiger partial charge in [0.1, 0.15) is 21.3 Å². The van der Waals surface area contributed by atoms with Gasteiger partial charge in [0.2, 0.25) is 0 Å². The summed E-state index contributed by atoms with van der Waals surface area (Å²) < 4.78 is 2.55. The van der Waals surface area contributed by atoms with E-state index in [1.54, 1.807) is 6.20 Å². The van der Waals surface area contributed by atoms with Crippen LogP contribution in [-0.2, 0) is 0 Å². The molecular weight excluding hydrogens is 330 g/mol. The van der Waals surface area contributed by atoms with E-state index < -0.39 is 0 Å². The first-order valence-corrected chi connectivity index (χ1v) is 6.80. The predicted molar refractivity (Wildman–Crippen MR) is 75.7 cm³/mol. The van der Waals surface area contributed by atoms with E-state index in [1.807, 2.05) is 16.8 Å². The molecule has 0 saturated heterocycles. The van der Waals surface area contributed by atoms with Crippen molar-refractivity contribution in [3.05, 3.63) is 29.3 Å². The molecule has 96 valence electrons.